The number of carbonyl (C=O) groups excluding carboxylic acids is 1. The molecule has 0 spiro atoms. The molecule has 1 amide bonds. The number of hydrogen-bond acceptors (Lipinski definition) is 3. The maximum atomic E-state index is 12.9. The fourth-order valence-corrected chi connectivity index (χ4v) is 4.16. The first kappa shape index (κ1) is 17.3. The van der Waals surface area contributed by atoms with Crippen LogP contribution in [0.4, 0.5) is 5.69 Å². The lowest BCUT2D eigenvalue weighted by atomic mass is 10.1. The number of amides is 1. The summed E-state index contributed by atoms with van der Waals surface area (Å²) in [5.74, 6) is 0.235. The predicted molar refractivity (Wildman–Crippen MR) is 105 cm³/mol. The number of carbonyl (C=O) groups is 1. The van der Waals surface area contributed by atoms with E-state index in [4.69, 9.17) is 0 Å². The van der Waals surface area contributed by atoms with Crippen molar-refractivity contribution < 1.29 is 4.79 Å². The van der Waals surface area contributed by atoms with Gasteiger partial charge in [0.25, 0.3) is 0 Å². The number of fused-ring (bicyclic) bond motifs is 1. The number of benzene rings is 2. The van der Waals surface area contributed by atoms with E-state index >= 15 is 0 Å². The predicted octanol–water partition coefficient (Wildman–Crippen LogP) is 2.78. The summed E-state index contributed by atoms with van der Waals surface area (Å²) < 4.78 is 0. The third-order valence-electron chi connectivity index (χ3n) is 5.55. The van der Waals surface area contributed by atoms with Crippen LogP contribution in [-0.2, 0) is 17.8 Å². The SMILES string of the molecule is C[C@@H]1Cc2ccccc2N1C(=O)CN1CCN(Cc2ccccc2)CC1. The highest BCUT2D eigenvalue weighted by molar-refractivity contribution is 5.97. The molecule has 2 aliphatic heterocycles. The molecule has 136 valence electrons. The molecule has 4 nitrogen and oxygen atoms in total. The topological polar surface area (TPSA) is 26.8 Å². The maximum Gasteiger partial charge on any atom is 0.241 e. The second-order valence-electron chi connectivity index (χ2n) is 7.48. The normalized spacial score (nSPS) is 21.0. The molecule has 0 aliphatic carbocycles. The van der Waals surface area contributed by atoms with Crippen molar-refractivity contribution in [2.45, 2.75) is 25.9 Å². The fourth-order valence-electron chi connectivity index (χ4n) is 4.16. The summed E-state index contributed by atoms with van der Waals surface area (Å²) in [6.07, 6.45) is 0.965. The number of rotatable bonds is 4. The Morgan fingerprint density at radius 2 is 1.58 bits per heavy atom. The fraction of sp³-hybridized carbons (Fsp3) is 0.409. The Morgan fingerprint density at radius 1 is 0.923 bits per heavy atom. The molecule has 26 heavy (non-hydrogen) atoms. The van der Waals surface area contributed by atoms with Crippen molar-refractivity contribution in [1.82, 2.24) is 9.80 Å². The van der Waals surface area contributed by atoms with E-state index in [2.05, 4.69) is 65.3 Å². The third kappa shape index (κ3) is 3.67. The van der Waals surface area contributed by atoms with Gasteiger partial charge in [0.1, 0.15) is 0 Å². The van der Waals surface area contributed by atoms with E-state index in [1.807, 2.05) is 11.0 Å². The van der Waals surface area contributed by atoms with Gasteiger partial charge >= 0.3 is 0 Å². The number of piperazine rings is 1. The summed E-state index contributed by atoms with van der Waals surface area (Å²) in [6.45, 7) is 7.64. The summed E-state index contributed by atoms with van der Waals surface area (Å²) in [7, 11) is 0. The van der Waals surface area contributed by atoms with Crippen LogP contribution >= 0.6 is 0 Å². The van der Waals surface area contributed by atoms with E-state index in [1.165, 1.54) is 11.1 Å². The molecule has 0 bridgehead atoms. The van der Waals surface area contributed by atoms with Crippen molar-refractivity contribution in [1.29, 1.82) is 0 Å². The van der Waals surface area contributed by atoms with E-state index in [-0.39, 0.29) is 11.9 Å². The van der Waals surface area contributed by atoms with E-state index in [1.54, 1.807) is 0 Å². The molecule has 0 unspecified atom stereocenters. The first-order chi connectivity index (χ1) is 12.7. The van der Waals surface area contributed by atoms with Crippen molar-refractivity contribution in [3.63, 3.8) is 0 Å². The summed E-state index contributed by atoms with van der Waals surface area (Å²) in [5.41, 5.74) is 3.76. The molecular formula is C22H27N3O. The van der Waals surface area contributed by atoms with Crippen LogP contribution < -0.4 is 4.90 Å². The molecular weight excluding hydrogens is 322 g/mol. The monoisotopic (exact) mass is 349 g/mol. The van der Waals surface area contributed by atoms with Gasteiger partial charge in [-0.15, -0.1) is 0 Å². The smallest absolute Gasteiger partial charge is 0.241 e. The largest absolute Gasteiger partial charge is 0.308 e. The lowest BCUT2D eigenvalue weighted by molar-refractivity contribution is -0.120. The summed E-state index contributed by atoms with van der Waals surface area (Å²) in [5, 5.41) is 0. The Balaban J connectivity index is 1.31. The zero-order valence-electron chi connectivity index (χ0n) is 15.5. The highest BCUT2D eigenvalue weighted by Crippen LogP contribution is 2.31. The zero-order chi connectivity index (χ0) is 17.9. The molecule has 4 heteroatoms. The van der Waals surface area contributed by atoms with Crippen molar-refractivity contribution in [2.24, 2.45) is 0 Å². The summed E-state index contributed by atoms with van der Waals surface area (Å²) in [6, 6.07) is 19.2. The number of nitrogens with zero attached hydrogens (tertiary/aromatic N) is 3. The average molecular weight is 349 g/mol. The van der Waals surface area contributed by atoms with Crippen molar-refractivity contribution in [3.05, 3.63) is 65.7 Å². The Morgan fingerprint density at radius 3 is 2.35 bits per heavy atom. The second kappa shape index (κ2) is 7.60. The van der Waals surface area contributed by atoms with Gasteiger partial charge in [-0.05, 0) is 30.5 Å². The molecule has 0 saturated carbocycles. The van der Waals surface area contributed by atoms with Crippen LogP contribution in [0.2, 0.25) is 0 Å². The van der Waals surface area contributed by atoms with E-state index in [0.29, 0.717) is 6.54 Å². The van der Waals surface area contributed by atoms with Crippen LogP contribution in [0.3, 0.4) is 0 Å². The van der Waals surface area contributed by atoms with Gasteiger partial charge in [0.05, 0.1) is 6.54 Å². The van der Waals surface area contributed by atoms with Crippen molar-refractivity contribution in [2.75, 3.05) is 37.6 Å². The summed E-state index contributed by atoms with van der Waals surface area (Å²) in [4.78, 5) is 19.7. The van der Waals surface area contributed by atoms with Gasteiger partial charge in [0.2, 0.25) is 5.91 Å². The van der Waals surface area contributed by atoms with E-state index in [9.17, 15) is 4.79 Å². The molecule has 0 radical (unpaired) electrons. The molecule has 1 atom stereocenters. The minimum Gasteiger partial charge on any atom is -0.308 e. The van der Waals surface area contributed by atoms with Crippen LogP contribution in [0.5, 0.6) is 0 Å². The van der Waals surface area contributed by atoms with Crippen molar-refractivity contribution in [3.8, 4) is 0 Å². The zero-order valence-corrected chi connectivity index (χ0v) is 15.5. The lowest BCUT2D eigenvalue weighted by Crippen LogP contribution is -2.50. The van der Waals surface area contributed by atoms with E-state index < -0.39 is 0 Å². The van der Waals surface area contributed by atoms with E-state index in [0.717, 1.165) is 44.8 Å². The Kier molecular flexibility index (Phi) is 5.05. The average Bonchev–Trinajstić information content (AvgIpc) is 3.00. The molecule has 1 saturated heterocycles. The number of hydrogen-bond donors (Lipinski definition) is 0. The van der Waals surface area contributed by atoms with Gasteiger partial charge in [-0.25, -0.2) is 0 Å². The maximum absolute atomic E-state index is 12.9. The first-order valence-corrected chi connectivity index (χ1v) is 9.59. The van der Waals surface area contributed by atoms with Gasteiger partial charge < -0.3 is 4.90 Å². The van der Waals surface area contributed by atoms with Crippen LogP contribution in [0.1, 0.15) is 18.1 Å². The molecule has 2 aromatic carbocycles. The molecule has 1 fully saturated rings. The van der Waals surface area contributed by atoms with Crippen LogP contribution in [-0.4, -0.2) is 54.5 Å². The first-order valence-electron chi connectivity index (χ1n) is 9.59. The Bertz CT molecular complexity index is 753. The molecule has 0 aromatic heterocycles. The van der Waals surface area contributed by atoms with Crippen LogP contribution in [0.25, 0.3) is 0 Å². The highest BCUT2D eigenvalue weighted by Gasteiger charge is 2.31. The standard InChI is InChI=1S/C22H27N3O/c1-18-15-20-9-5-6-10-21(20)25(18)22(26)17-24-13-11-23(12-14-24)16-19-7-3-2-4-8-19/h2-10,18H,11-17H2,1H3/t18-/m1/s1. The quantitative estimate of drug-likeness (QED) is 0.849. The van der Waals surface area contributed by atoms with Crippen LogP contribution in [0, 0.1) is 0 Å². The highest BCUT2D eigenvalue weighted by atomic mass is 16.2. The Hall–Kier alpha value is -2.17. The molecule has 4 rings (SSSR count). The lowest BCUT2D eigenvalue weighted by Gasteiger charge is -2.35. The molecule has 0 N–H and O–H groups in total. The summed E-state index contributed by atoms with van der Waals surface area (Å²) >= 11 is 0. The second-order valence-corrected chi connectivity index (χ2v) is 7.48. The third-order valence-corrected chi connectivity index (χ3v) is 5.55. The van der Waals surface area contributed by atoms with Gasteiger partial charge in [-0.3, -0.25) is 14.6 Å². The molecule has 2 aliphatic rings. The minimum absolute atomic E-state index is 0.235. The Labute approximate surface area is 156 Å². The van der Waals surface area contributed by atoms with Gasteiger partial charge in [-0.1, -0.05) is 48.5 Å². The van der Waals surface area contributed by atoms with Gasteiger partial charge in [-0.2, -0.15) is 0 Å². The molecule has 2 heterocycles. The minimum atomic E-state index is 0.235. The number of para-hydroxylation sites is 1. The van der Waals surface area contributed by atoms with Crippen LogP contribution in [0.15, 0.2) is 54.6 Å². The van der Waals surface area contributed by atoms with Gasteiger partial charge in [0, 0.05) is 44.5 Å². The number of anilines is 1. The van der Waals surface area contributed by atoms with Crippen molar-refractivity contribution >= 4 is 11.6 Å². The van der Waals surface area contributed by atoms with Gasteiger partial charge in [0.15, 0.2) is 0 Å². The molecule has 2 aromatic rings.